The molecule has 0 radical (unpaired) electrons. The molecule has 1 fully saturated rings. The predicted molar refractivity (Wildman–Crippen MR) is 86.7 cm³/mol. The summed E-state index contributed by atoms with van der Waals surface area (Å²) in [6.45, 7) is 3.32. The zero-order valence-corrected chi connectivity index (χ0v) is 12.7. The van der Waals surface area contributed by atoms with Crippen LogP contribution in [0.15, 0.2) is 42.5 Å². The lowest BCUT2D eigenvalue weighted by molar-refractivity contribution is -0.127. The number of nitrogens with zero attached hydrogens (tertiary/aromatic N) is 1. The van der Waals surface area contributed by atoms with Gasteiger partial charge in [-0.3, -0.25) is 9.59 Å². The number of hydrogen-bond acceptors (Lipinski definition) is 2. The molecule has 4 nitrogen and oxygen atoms in total. The molecule has 0 aromatic heterocycles. The first-order chi connectivity index (χ1) is 10.6. The van der Waals surface area contributed by atoms with E-state index in [0.717, 1.165) is 23.7 Å². The summed E-state index contributed by atoms with van der Waals surface area (Å²) in [5.41, 5.74) is 0.678. The highest BCUT2D eigenvalue weighted by Crippen LogP contribution is 2.18. The maximum atomic E-state index is 12.5. The maximum absolute atomic E-state index is 12.5. The largest absolute Gasteiger partial charge is 0.348 e. The molecule has 2 amide bonds. The van der Waals surface area contributed by atoms with Crippen LogP contribution in [0.1, 0.15) is 30.1 Å². The molecular weight excluding hydrogens is 276 g/mol. The van der Waals surface area contributed by atoms with E-state index >= 15 is 0 Å². The third-order valence-electron chi connectivity index (χ3n) is 4.08. The van der Waals surface area contributed by atoms with Gasteiger partial charge in [0, 0.05) is 31.1 Å². The van der Waals surface area contributed by atoms with Crippen LogP contribution in [0.4, 0.5) is 0 Å². The van der Waals surface area contributed by atoms with Crippen LogP contribution >= 0.6 is 0 Å². The van der Waals surface area contributed by atoms with Gasteiger partial charge in [0.25, 0.3) is 5.91 Å². The molecule has 22 heavy (non-hydrogen) atoms. The zero-order chi connectivity index (χ0) is 15.5. The van der Waals surface area contributed by atoms with Gasteiger partial charge in [-0.1, -0.05) is 36.4 Å². The number of nitrogens with one attached hydrogen (secondary N) is 1. The Bertz CT molecular complexity index is 706. The molecule has 0 spiro atoms. The standard InChI is InChI=1S/C18H20N2O2/c1-13(12-20-11-5-10-17(20)21)19-18(22)16-9-4-7-14-6-2-3-8-15(14)16/h2-4,6-9,13H,5,10-12H2,1H3,(H,19,22). The summed E-state index contributed by atoms with van der Waals surface area (Å²) in [6, 6.07) is 13.5. The second-order valence-corrected chi connectivity index (χ2v) is 5.84. The fourth-order valence-electron chi connectivity index (χ4n) is 3.00. The quantitative estimate of drug-likeness (QED) is 0.942. The van der Waals surface area contributed by atoms with Crippen molar-refractivity contribution in [2.24, 2.45) is 0 Å². The Kier molecular flexibility index (Phi) is 4.09. The lowest BCUT2D eigenvalue weighted by Crippen LogP contribution is -2.42. The molecule has 0 saturated carbocycles. The molecular formula is C18H20N2O2. The summed E-state index contributed by atoms with van der Waals surface area (Å²) in [7, 11) is 0. The highest BCUT2D eigenvalue weighted by Gasteiger charge is 2.22. The van der Waals surface area contributed by atoms with Gasteiger partial charge in [0.05, 0.1) is 0 Å². The number of likely N-dealkylation sites (tertiary alicyclic amines) is 1. The molecule has 1 saturated heterocycles. The third kappa shape index (κ3) is 2.96. The predicted octanol–water partition coefficient (Wildman–Crippen LogP) is 2.58. The molecule has 4 heteroatoms. The van der Waals surface area contributed by atoms with Crippen molar-refractivity contribution in [3.05, 3.63) is 48.0 Å². The number of fused-ring (bicyclic) bond motifs is 1. The van der Waals surface area contributed by atoms with Crippen molar-refractivity contribution < 1.29 is 9.59 Å². The monoisotopic (exact) mass is 296 g/mol. The summed E-state index contributed by atoms with van der Waals surface area (Å²) in [5, 5.41) is 5.01. The SMILES string of the molecule is CC(CN1CCCC1=O)NC(=O)c1cccc2ccccc12. The van der Waals surface area contributed by atoms with Crippen molar-refractivity contribution in [3.63, 3.8) is 0 Å². The van der Waals surface area contributed by atoms with Gasteiger partial charge in [0.2, 0.25) is 5.91 Å². The Labute approximate surface area is 130 Å². The van der Waals surface area contributed by atoms with E-state index in [9.17, 15) is 9.59 Å². The number of amides is 2. The van der Waals surface area contributed by atoms with Gasteiger partial charge in [-0.2, -0.15) is 0 Å². The molecule has 3 rings (SSSR count). The van der Waals surface area contributed by atoms with E-state index in [4.69, 9.17) is 0 Å². The van der Waals surface area contributed by atoms with Gasteiger partial charge in [0.15, 0.2) is 0 Å². The van der Waals surface area contributed by atoms with E-state index in [1.807, 2.05) is 54.3 Å². The van der Waals surface area contributed by atoms with Gasteiger partial charge >= 0.3 is 0 Å². The van der Waals surface area contributed by atoms with Crippen molar-refractivity contribution in [2.45, 2.75) is 25.8 Å². The Morgan fingerprint density at radius 1 is 1.23 bits per heavy atom. The lowest BCUT2D eigenvalue weighted by atomic mass is 10.0. The first-order valence-corrected chi connectivity index (χ1v) is 7.71. The van der Waals surface area contributed by atoms with Crippen molar-refractivity contribution >= 4 is 22.6 Å². The topological polar surface area (TPSA) is 49.4 Å². The second kappa shape index (κ2) is 6.18. The number of carbonyl (C=O) groups is 2. The number of carbonyl (C=O) groups excluding carboxylic acids is 2. The first kappa shape index (κ1) is 14.6. The third-order valence-corrected chi connectivity index (χ3v) is 4.08. The number of hydrogen-bond donors (Lipinski definition) is 1. The average Bonchev–Trinajstić information content (AvgIpc) is 2.91. The van der Waals surface area contributed by atoms with Crippen molar-refractivity contribution in [2.75, 3.05) is 13.1 Å². The van der Waals surface area contributed by atoms with Crippen LogP contribution in [0, 0.1) is 0 Å². The van der Waals surface area contributed by atoms with E-state index in [-0.39, 0.29) is 17.9 Å². The molecule has 2 aromatic rings. The molecule has 1 heterocycles. The van der Waals surface area contributed by atoms with E-state index < -0.39 is 0 Å². The smallest absolute Gasteiger partial charge is 0.252 e. The normalized spacial score (nSPS) is 16.0. The summed E-state index contributed by atoms with van der Waals surface area (Å²) in [6.07, 6.45) is 1.55. The molecule has 0 bridgehead atoms. The minimum Gasteiger partial charge on any atom is -0.348 e. The maximum Gasteiger partial charge on any atom is 0.252 e. The molecule has 1 unspecified atom stereocenters. The molecule has 1 atom stereocenters. The zero-order valence-electron chi connectivity index (χ0n) is 12.7. The fourth-order valence-corrected chi connectivity index (χ4v) is 3.00. The van der Waals surface area contributed by atoms with Gasteiger partial charge in [0.1, 0.15) is 0 Å². The first-order valence-electron chi connectivity index (χ1n) is 7.71. The van der Waals surface area contributed by atoms with E-state index in [0.29, 0.717) is 18.5 Å². The number of rotatable bonds is 4. The lowest BCUT2D eigenvalue weighted by Gasteiger charge is -2.22. The number of benzene rings is 2. The van der Waals surface area contributed by atoms with Crippen LogP contribution in [0.3, 0.4) is 0 Å². The van der Waals surface area contributed by atoms with E-state index in [1.54, 1.807) is 0 Å². The van der Waals surface area contributed by atoms with Gasteiger partial charge in [-0.25, -0.2) is 0 Å². The summed E-state index contributed by atoms with van der Waals surface area (Å²) < 4.78 is 0. The molecule has 1 N–H and O–H groups in total. The Morgan fingerprint density at radius 3 is 2.77 bits per heavy atom. The molecule has 0 aliphatic carbocycles. The van der Waals surface area contributed by atoms with Crippen LogP contribution in [-0.4, -0.2) is 35.8 Å². The molecule has 1 aliphatic rings. The Balaban J connectivity index is 1.72. The van der Waals surface area contributed by atoms with E-state index in [2.05, 4.69) is 5.32 Å². The van der Waals surface area contributed by atoms with Crippen LogP contribution < -0.4 is 5.32 Å². The van der Waals surface area contributed by atoms with Crippen molar-refractivity contribution in [1.29, 1.82) is 0 Å². The van der Waals surface area contributed by atoms with Crippen LogP contribution in [0.5, 0.6) is 0 Å². The van der Waals surface area contributed by atoms with Crippen LogP contribution in [0.25, 0.3) is 10.8 Å². The average molecular weight is 296 g/mol. The molecule has 1 aliphatic heterocycles. The Hall–Kier alpha value is -2.36. The highest BCUT2D eigenvalue weighted by molar-refractivity contribution is 6.07. The van der Waals surface area contributed by atoms with Gasteiger partial charge in [-0.15, -0.1) is 0 Å². The van der Waals surface area contributed by atoms with E-state index in [1.165, 1.54) is 0 Å². The highest BCUT2D eigenvalue weighted by atomic mass is 16.2. The van der Waals surface area contributed by atoms with Gasteiger partial charge < -0.3 is 10.2 Å². The minimum atomic E-state index is -0.0871. The van der Waals surface area contributed by atoms with Crippen molar-refractivity contribution in [1.82, 2.24) is 10.2 Å². The van der Waals surface area contributed by atoms with Crippen LogP contribution in [-0.2, 0) is 4.79 Å². The summed E-state index contributed by atoms with van der Waals surface area (Å²) >= 11 is 0. The molecule has 114 valence electrons. The summed E-state index contributed by atoms with van der Waals surface area (Å²) in [5.74, 6) is 0.0993. The minimum absolute atomic E-state index is 0.0616. The Morgan fingerprint density at radius 2 is 2.00 bits per heavy atom. The second-order valence-electron chi connectivity index (χ2n) is 5.84. The van der Waals surface area contributed by atoms with Crippen LogP contribution in [0.2, 0.25) is 0 Å². The summed E-state index contributed by atoms with van der Waals surface area (Å²) in [4.78, 5) is 26.0. The van der Waals surface area contributed by atoms with Crippen molar-refractivity contribution in [3.8, 4) is 0 Å². The fraction of sp³-hybridized carbons (Fsp3) is 0.333. The van der Waals surface area contributed by atoms with Gasteiger partial charge in [-0.05, 0) is 30.2 Å². The molecule has 2 aromatic carbocycles.